The Labute approximate surface area is 167 Å². The SMILES string of the molecule is Cc1ccc2nc(N(CC[NH+](C)C)C(=O)c3ccc(Cl)cc3Cl)sc2c1. The van der Waals surface area contributed by atoms with Crippen LogP contribution in [0.25, 0.3) is 10.2 Å². The molecule has 1 heterocycles. The van der Waals surface area contributed by atoms with Crippen molar-refractivity contribution in [3.63, 3.8) is 0 Å². The van der Waals surface area contributed by atoms with Gasteiger partial charge in [0.25, 0.3) is 5.91 Å². The molecular weight excluding hydrogens is 389 g/mol. The molecule has 136 valence electrons. The minimum atomic E-state index is -0.163. The van der Waals surface area contributed by atoms with E-state index in [9.17, 15) is 4.79 Å². The third kappa shape index (κ3) is 4.18. The number of aromatic nitrogens is 1. The highest BCUT2D eigenvalue weighted by Crippen LogP contribution is 2.31. The second-order valence-corrected chi connectivity index (χ2v) is 8.36. The fourth-order valence-corrected chi connectivity index (χ4v) is 4.14. The van der Waals surface area contributed by atoms with Gasteiger partial charge in [0.15, 0.2) is 5.13 Å². The molecule has 0 unspecified atom stereocenters. The largest absolute Gasteiger partial charge is 0.338 e. The topological polar surface area (TPSA) is 37.6 Å². The molecule has 0 radical (unpaired) electrons. The van der Waals surface area contributed by atoms with E-state index in [2.05, 4.69) is 25.1 Å². The maximum atomic E-state index is 13.2. The summed E-state index contributed by atoms with van der Waals surface area (Å²) in [6.45, 7) is 3.40. The van der Waals surface area contributed by atoms with E-state index in [-0.39, 0.29) is 5.91 Å². The molecule has 0 aliphatic carbocycles. The van der Waals surface area contributed by atoms with Crippen LogP contribution in [0.3, 0.4) is 0 Å². The Kier molecular flexibility index (Phi) is 5.82. The van der Waals surface area contributed by atoms with Crippen molar-refractivity contribution in [2.24, 2.45) is 0 Å². The lowest BCUT2D eigenvalue weighted by atomic mass is 10.2. The summed E-state index contributed by atoms with van der Waals surface area (Å²) in [5.74, 6) is -0.163. The van der Waals surface area contributed by atoms with Gasteiger partial charge in [-0.05, 0) is 42.8 Å². The van der Waals surface area contributed by atoms with Crippen LogP contribution >= 0.6 is 34.5 Å². The first-order valence-electron chi connectivity index (χ1n) is 8.28. The van der Waals surface area contributed by atoms with Gasteiger partial charge < -0.3 is 4.90 Å². The molecule has 3 rings (SSSR count). The van der Waals surface area contributed by atoms with Crippen molar-refractivity contribution in [3.05, 3.63) is 57.6 Å². The number of carbonyl (C=O) groups is 1. The van der Waals surface area contributed by atoms with Gasteiger partial charge in [-0.2, -0.15) is 0 Å². The highest BCUT2D eigenvalue weighted by atomic mass is 35.5. The third-order valence-electron chi connectivity index (χ3n) is 4.01. The second kappa shape index (κ2) is 7.92. The van der Waals surface area contributed by atoms with Gasteiger partial charge >= 0.3 is 0 Å². The summed E-state index contributed by atoms with van der Waals surface area (Å²) in [4.78, 5) is 20.8. The number of carbonyl (C=O) groups excluding carboxylic acids is 1. The van der Waals surface area contributed by atoms with Crippen LogP contribution in [0.1, 0.15) is 15.9 Å². The standard InChI is InChI=1S/C19H19Cl2N3OS/c1-12-4-7-16-17(10-12)26-19(22-16)24(9-8-23(2)3)18(25)14-6-5-13(20)11-15(14)21/h4-7,10-11H,8-9H2,1-3H3/p+1. The monoisotopic (exact) mass is 408 g/mol. The Morgan fingerprint density at radius 3 is 2.65 bits per heavy atom. The van der Waals surface area contributed by atoms with Crippen molar-refractivity contribution in [1.82, 2.24) is 4.98 Å². The van der Waals surface area contributed by atoms with Gasteiger partial charge in [-0.25, -0.2) is 4.98 Å². The Bertz CT molecular complexity index is 955. The van der Waals surface area contributed by atoms with Crippen LogP contribution in [0.4, 0.5) is 5.13 Å². The smallest absolute Gasteiger partial charge is 0.261 e. The lowest BCUT2D eigenvalue weighted by Gasteiger charge is -2.21. The second-order valence-electron chi connectivity index (χ2n) is 6.51. The molecule has 1 aromatic heterocycles. The molecule has 7 heteroatoms. The first-order chi connectivity index (χ1) is 12.3. The zero-order chi connectivity index (χ0) is 18.8. The highest BCUT2D eigenvalue weighted by Gasteiger charge is 2.24. The van der Waals surface area contributed by atoms with Crippen LogP contribution in [0, 0.1) is 6.92 Å². The molecule has 4 nitrogen and oxygen atoms in total. The predicted octanol–water partition coefficient (Wildman–Crippen LogP) is 3.70. The summed E-state index contributed by atoms with van der Waals surface area (Å²) in [6, 6.07) is 11.0. The van der Waals surface area contributed by atoms with Gasteiger partial charge in [-0.1, -0.05) is 40.6 Å². The number of benzene rings is 2. The zero-order valence-electron chi connectivity index (χ0n) is 14.8. The predicted molar refractivity (Wildman–Crippen MR) is 110 cm³/mol. The average Bonchev–Trinajstić information content (AvgIpc) is 2.97. The molecule has 0 saturated heterocycles. The van der Waals surface area contributed by atoms with Crippen molar-refractivity contribution in [2.75, 3.05) is 32.1 Å². The van der Waals surface area contributed by atoms with Gasteiger partial charge in [0.2, 0.25) is 0 Å². The summed E-state index contributed by atoms with van der Waals surface area (Å²) < 4.78 is 1.07. The quantitative estimate of drug-likeness (QED) is 0.698. The Morgan fingerprint density at radius 1 is 1.19 bits per heavy atom. The van der Waals surface area contributed by atoms with Crippen LogP contribution in [0.2, 0.25) is 10.0 Å². The van der Waals surface area contributed by atoms with Crippen molar-refractivity contribution >= 4 is 55.8 Å². The van der Waals surface area contributed by atoms with E-state index in [0.29, 0.717) is 27.3 Å². The van der Waals surface area contributed by atoms with E-state index >= 15 is 0 Å². The third-order valence-corrected chi connectivity index (χ3v) is 5.59. The van der Waals surface area contributed by atoms with Crippen LogP contribution in [0.15, 0.2) is 36.4 Å². The molecule has 0 aliphatic heterocycles. The average molecular weight is 409 g/mol. The molecule has 1 amide bonds. The van der Waals surface area contributed by atoms with Crippen molar-refractivity contribution in [2.45, 2.75) is 6.92 Å². The first kappa shape index (κ1) is 19.1. The van der Waals surface area contributed by atoms with Crippen molar-refractivity contribution in [3.8, 4) is 0 Å². The molecule has 0 saturated carbocycles. The normalized spacial score (nSPS) is 11.3. The molecule has 0 aliphatic rings. The number of aryl methyl sites for hydroxylation is 1. The molecule has 3 aromatic rings. The number of fused-ring (bicyclic) bond motifs is 1. The lowest BCUT2D eigenvalue weighted by molar-refractivity contribution is -0.856. The number of halogens is 2. The first-order valence-corrected chi connectivity index (χ1v) is 9.85. The summed E-state index contributed by atoms with van der Waals surface area (Å²) in [6.07, 6.45) is 0. The number of hydrogen-bond donors (Lipinski definition) is 1. The number of likely N-dealkylation sites (N-methyl/N-ethyl adjacent to an activating group) is 1. The van der Waals surface area contributed by atoms with E-state index in [1.165, 1.54) is 21.8 Å². The van der Waals surface area contributed by atoms with Crippen molar-refractivity contribution in [1.29, 1.82) is 0 Å². The van der Waals surface area contributed by atoms with E-state index < -0.39 is 0 Å². The van der Waals surface area contributed by atoms with Crippen LogP contribution in [-0.4, -0.2) is 38.1 Å². The maximum Gasteiger partial charge on any atom is 0.261 e. The Hall–Kier alpha value is -1.66. The molecule has 1 N–H and O–H groups in total. The Balaban J connectivity index is 2.01. The molecular formula is C19H20Cl2N3OS+. The Morgan fingerprint density at radius 2 is 1.96 bits per heavy atom. The number of hydrogen-bond acceptors (Lipinski definition) is 3. The van der Waals surface area contributed by atoms with Gasteiger partial charge in [-0.15, -0.1) is 0 Å². The summed E-state index contributed by atoms with van der Waals surface area (Å²) in [5, 5.41) is 1.54. The van der Waals surface area contributed by atoms with Crippen LogP contribution < -0.4 is 9.80 Å². The van der Waals surface area contributed by atoms with E-state index in [4.69, 9.17) is 23.2 Å². The van der Waals surface area contributed by atoms with E-state index in [0.717, 1.165) is 16.8 Å². The van der Waals surface area contributed by atoms with E-state index in [1.54, 1.807) is 23.1 Å². The van der Waals surface area contributed by atoms with Gasteiger partial charge in [-0.3, -0.25) is 9.69 Å². The van der Waals surface area contributed by atoms with E-state index in [1.807, 2.05) is 19.1 Å². The number of rotatable bonds is 5. The van der Waals surface area contributed by atoms with Gasteiger partial charge in [0.05, 0.1) is 48.0 Å². The molecule has 26 heavy (non-hydrogen) atoms. The fourth-order valence-electron chi connectivity index (χ4n) is 2.56. The molecule has 2 aromatic carbocycles. The number of quaternary nitrogens is 1. The van der Waals surface area contributed by atoms with Crippen LogP contribution in [-0.2, 0) is 0 Å². The number of amides is 1. The van der Waals surface area contributed by atoms with Gasteiger partial charge in [0, 0.05) is 5.02 Å². The number of thiazole rings is 1. The minimum absolute atomic E-state index is 0.163. The molecule has 0 spiro atoms. The summed E-state index contributed by atoms with van der Waals surface area (Å²) >= 11 is 13.7. The minimum Gasteiger partial charge on any atom is -0.338 e. The molecule has 0 atom stereocenters. The highest BCUT2D eigenvalue weighted by molar-refractivity contribution is 7.22. The van der Waals surface area contributed by atoms with Gasteiger partial charge in [0.1, 0.15) is 0 Å². The lowest BCUT2D eigenvalue weighted by Crippen LogP contribution is -3.06. The van der Waals surface area contributed by atoms with Crippen LogP contribution in [0.5, 0.6) is 0 Å². The summed E-state index contributed by atoms with van der Waals surface area (Å²) in [5.41, 5.74) is 2.50. The molecule has 0 fully saturated rings. The van der Waals surface area contributed by atoms with Crippen molar-refractivity contribution < 1.29 is 9.69 Å². The molecule has 0 bridgehead atoms. The zero-order valence-corrected chi connectivity index (χ0v) is 17.2. The summed E-state index contributed by atoms with van der Waals surface area (Å²) in [7, 11) is 4.11. The number of nitrogens with zero attached hydrogens (tertiary/aromatic N) is 2. The fraction of sp³-hybridized carbons (Fsp3) is 0.263. The number of nitrogens with one attached hydrogen (secondary N) is 1. The number of anilines is 1. The maximum absolute atomic E-state index is 13.2.